The van der Waals surface area contributed by atoms with Gasteiger partial charge in [-0.15, -0.1) is 0 Å². The van der Waals surface area contributed by atoms with E-state index < -0.39 is 0 Å². The molecular weight excluding hydrogens is 272 g/mol. The Hall–Kier alpha value is -0.560. The second kappa shape index (κ2) is 6.39. The van der Waals surface area contributed by atoms with Crippen molar-refractivity contribution < 1.29 is 0 Å². The van der Waals surface area contributed by atoms with Crippen LogP contribution >= 0.6 is 15.9 Å². The van der Waals surface area contributed by atoms with Crippen LogP contribution in [0.1, 0.15) is 56.1 Å². The molecule has 0 bridgehead atoms. The number of rotatable bonds is 1. The number of allylic oxidation sites excluding steroid dienone is 2. The fourth-order valence-electron chi connectivity index (χ4n) is 2.59. The van der Waals surface area contributed by atoms with E-state index in [1.807, 2.05) is 0 Å². The van der Waals surface area contributed by atoms with Gasteiger partial charge in [-0.3, -0.25) is 0 Å². The summed E-state index contributed by atoms with van der Waals surface area (Å²) in [7, 11) is 0. The van der Waals surface area contributed by atoms with E-state index in [2.05, 4.69) is 47.1 Å². The van der Waals surface area contributed by atoms with Crippen LogP contribution in [0, 0.1) is 6.92 Å². The molecule has 0 aromatic heterocycles. The second-order valence-electron chi connectivity index (χ2n) is 4.97. The lowest BCUT2D eigenvalue weighted by molar-refractivity contribution is 0.632. The molecule has 0 spiro atoms. The van der Waals surface area contributed by atoms with Crippen LogP contribution in [0.2, 0.25) is 0 Å². The average Bonchev–Trinajstić information content (AvgIpc) is 2.43. The molecule has 17 heavy (non-hydrogen) atoms. The third kappa shape index (κ3) is 3.45. The van der Waals surface area contributed by atoms with E-state index in [1.165, 1.54) is 60.6 Å². The minimum Gasteiger partial charge on any atom is -0.0620 e. The zero-order valence-corrected chi connectivity index (χ0v) is 12.2. The van der Waals surface area contributed by atoms with Gasteiger partial charge in [0, 0.05) is 0 Å². The van der Waals surface area contributed by atoms with Crippen molar-refractivity contribution in [3.8, 4) is 0 Å². The molecule has 0 unspecified atom stereocenters. The summed E-state index contributed by atoms with van der Waals surface area (Å²) < 4.78 is 1.44. The highest BCUT2D eigenvalue weighted by molar-refractivity contribution is 9.11. The second-order valence-corrected chi connectivity index (χ2v) is 5.92. The third-order valence-corrected chi connectivity index (χ3v) is 4.50. The Morgan fingerprint density at radius 2 is 1.53 bits per heavy atom. The van der Waals surface area contributed by atoms with E-state index in [0.717, 1.165) is 0 Å². The van der Waals surface area contributed by atoms with Gasteiger partial charge in [0.25, 0.3) is 0 Å². The number of aryl methyl sites for hydroxylation is 1. The normalized spacial score (nSPS) is 18.5. The van der Waals surface area contributed by atoms with Crippen LogP contribution in [0.15, 0.2) is 28.7 Å². The lowest BCUT2D eigenvalue weighted by Crippen LogP contribution is -1.91. The zero-order chi connectivity index (χ0) is 12.1. The van der Waals surface area contributed by atoms with Gasteiger partial charge < -0.3 is 0 Å². The van der Waals surface area contributed by atoms with Crippen LogP contribution in [0.4, 0.5) is 0 Å². The number of halogens is 1. The first-order valence-electron chi connectivity index (χ1n) is 6.72. The molecule has 0 radical (unpaired) electrons. The van der Waals surface area contributed by atoms with E-state index in [-0.39, 0.29) is 0 Å². The standard InChI is InChI=1S/C16H21Br/c1-13-9-7-8-10-14(13)15-11-5-3-2-4-6-12-16(15)17/h7-10H,2-6,11-12H2,1H3. The Bertz CT molecular complexity index is 404. The average molecular weight is 293 g/mol. The summed E-state index contributed by atoms with van der Waals surface area (Å²) in [6.07, 6.45) is 9.27. The van der Waals surface area contributed by atoms with Crippen molar-refractivity contribution >= 4 is 21.5 Å². The van der Waals surface area contributed by atoms with Crippen molar-refractivity contribution in [3.63, 3.8) is 0 Å². The zero-order valence-electron chi connectivity index (χ0n) is 10.6. The molecule has 0 saturated heterocycles. The Kier molecular flexibility index (Phi) is 4.85. The van der Waals surface area contributed by atoms with Crippen molar-refractivity contribution in [1.82, 2.24) is 0 Å². The Balaban J connectivity index is 2.31. The fraction of sp³-hybridized carbons (Fsp3) is 0.500. The summed E-state index contributed by atoms with van der Waals surface area (Å²) in [6.45, 7) is 2.22. The molecule has 1 heteroatoms. The SMILES string of the molecule is Cc1ccccc1C1=C(Br)CCCCCCC1. The number of benzene rings is 1. The lowest BCUT2D eigenvalue weighted by atomic mass is 9.95. The van der Waals surface area contributed by atoms with Gasteiger partial charge in [0.2, 0.25) is 0 Å². The summed E-state index contributed by atoms with van der Waals surface area (Å²) in [5.74, 6) is 0. The predicted octanol–water partition coefficient (Wildman–Crippen LogP) is 5.85. The maximum absolute atomic E-state index is 3.82. The van der Waals surface area contributed by atoms with Gasteiger partial charge in [0.15, 0.2) is 0 Å². The molecule has 1 aliphatic rings. The summed E-state index contributed by atoms with van der Waals surface area (Å²) in [5, 5.41) is 0. The molecule has 0 N–H and O–H groups in total. The van der Waals surface area contributed by atoms with E-state index in [4.69, 9.17) is 0 Å². The van der Waals surface area contributed by atoms with Gasteiger partial charge in [-0.2, -0.15) is 0 Å². The van der Waals surface area contributed by atoms with Crippen LogP contribution in [0.5, 0.6) is 0 Å². The molecule has 0 atom stereocenters. The quantitative estimate of drug-likeness (QED) is 0.609. The topological polar surface area (TPSA) is 0 Å². The largest absolute Gasteiger partial charge is 0.0620 e. The molecular formula is C16H21Br. The summed E-state index contributed by atoms with van der Waals surface area (Å²) in [4.78, 5) is 0. The molecule has 0 saturated carbocycles. The first kappa shape index (κ1) is 12.9. The molecule has 2 rings (SSSR count). The Morgan fingerprint density at radius 1 is 0.882 bits per heavy atom. The number of hydrogen-bond acceptors (Lipinski definition) is 0. The van der Waals surface area contributed by atoms with E-state index in [1.54, 1.807) is 5.57 Å². The van der Waals surface area contributed by atoms with E-state index in [9.17, 15) is 0 Å². The fourth-order valence-corrected chi connectivity index (χ4v) is 3.28. The van der Waals surface area contributed by atoms with E-state index in [0.29, 0.717) is 0 Å². The molecule has 0 amide bonds. The third-order valence-electron chi connectivity index (χ3n) is 3.62. The highest BCUT2D eigenvalue weighted by Gasteiger charge is 2.11. The minimum absolute atomic E-state index is 1.21. The van der Waals surface area contributed by atoms with Gasteiger partial charge in [-0.1, -0.05) is 59.5 Å². The minimum atomic E-state index is 1.21. The monoisotopic (exact) mass is 292 g/mol. The first-order valence-corrected chi connectivity index (χ1v) is 7.52. The van der Waals surface area contributed by atoms with Crippen molar-refractivity contribution in [1.29, 1.82) is 0 Å². The Labute approximate surface area is 113 Å². The van der Waals surface area contributed by atoms with Crippen LogP contribution in [-0.2, 0) is 0 Å². The molecule has 1 aliphatic carbocycles. The van der Waals surface area contributed by atoms with Crippen LogP contribution in [-0.4, -0.2) is 0 Å². The maximum Gasteiger partial charge on any atom is -0.00113 e. The molecule has 0 fully saturated rings. The highest BCUT2D eigenvalue weighted by Crippen LogP contribution is 2.34. The first-order chi connectivity index (χ1) is 8.29. The van der Waals surface area contributed by atoms with Gasteiger partial charge in [0.05, 0.1) is 0 Å². The molecule has 92 valence electrons. The van der Waals surface area contributed by atoms with Gasteiger partial charge in [0.1, 0.15) is 0 Å². The van der Waals surface area contributed by atoms with Crippen LogP contribution in [0.3, 0.4) is 0 Å². The molecule has 0 nitrogen and oxygen atoms in total. The van der Waals surface area contributed by atoms with Crippen molar-refractivity contribution in [2.24, 2.45) is 0 Å². The van der Waals surface area contributed by atoms with Crippen LogP contribution in [0.25, 0.3) is 5.57 Å². The lowest BCUT2D eigenvalue weighted by Gasteiger charge is -2.13. The summed E-state index contributed by atoms with van der Waals surface area (Å²) in [6, 6.07) is 8.77. The van der Waals surface area contributed by atoms with Crippen molar-refractivity contribution in [2.45, 2.75) is 51.9 Å². The highest BCUT2D eigenvalue weighted by atomic mass is 79.9. The predicted molar refractivity (Wildman–Crippen MR) is 79.3 cm³/mol. The summed E-state index contributed by atoms with van der Waals surface area (Å²) in [5.41, 5.74) is 4.39. The Morgan fingerprint density at radius 3 is 2.29 bits per heavy atom. The number of hydrogen-bond donors (Lipinski definition) is 0. The van der Waals surface area contributed by atoms with E-state index >= 15 is 0 Å². The van der Waals surface area contributed by atoms with Crippen molar-refractivity contribution in [2.75, 3.05) is 0 Å². The molecule has 0 aliphatic heterocycles. The van der Waals surface area contributed by atoms with Gasteiger partial charge in [-0.05, 0) is 53.8 Å². The maximum atomic E-state index is 3.82. The van der Waals surface area contributed by atoms with Gasteiger partial charge in [-0.25, -0.2) is 0 Å². The van der Waals surface area contributed by atoms with Gasteiger partial charge >= 0.3 is 0 Å². The molecule has 0 heterocycles. The summed E-state index contributed by atoms with van der Waals surface area (Å²) >= 11 is 3.82. The van der Waals surface area contributed by atoms with Crippen LogP contribution < -0.4 is 0 Å². The molecule has 1 aromatic rings. The van der Waals surface area contributed by atoms with Crippen molar-refractivity contribution in [3.05, 3.63) is 39.9 Å². The molecule has 1 aromatic carbocycles. The smallest absolute Gasteiger partial charge is 0.00113 e.